The lowest BCUT2D eigenvalue weighted by molar-refractivity contribution is -0.167. The van der Waals surface area contributed by atoms with E-state index < -0.39 is 6.10 Å². The standard InChI is InChI=1S/C72H126O6/c1-4-7-10-13-16-19-22-25-28-31-33-34-35-36-37-38-39-42-44-47-50-53-56-59-62-65-71(74)77-68-69(67-76-70(73)64-61-58-55-52-49-46-43-40-30-27-24-21-18-15-12-9-6-3)78-72(75)66-63-60-57-54-51-48-45-41-32-29-26-23-20-17-14-11-8-5-2/h7,10,16,19-20,23,25,27-30,32-34,69H,4-6,8-9,11-15,17-18,21-22,24,26,31,35-68H2,1-3H3/b10-7-,19-16-,23-20-,28-25-,30-27-,32-29-,34-33-. The lowest BCUT2D eigenvalue weighted by atomic mass is 10.0. The van der Waals surface area contributed by atoms with Crippen molar-refractivity contribution in [2.24, 2.45) is 0 Å². The second-order valence-corrected chi connectivity index (χ2v) is 22.3. The molecule has 0 aliphatic heterocycles. The highest BCUT2D eigenvalue weighted by molar-refractivity contribution is 5.71. The van der Waals surface area contributed by atoms with Gasteiger partial charge >= 0.3 is 17.9 Å². The van der Waals surface area contributed by atoms with Crippen LogP contribution in [0.1, 0.15) is 335 Å². The van der Waals surface area contributed by atoms with Gasteiger partial charge in [0.05, 0.1) is 0 Å². The van der Waals surface area contributed by atoms with Crippen LogP contribution in [0.5, 0.6) is 0 Å². The van der Waals surface area contributed by atoms with Gasteiger partial charge in [0, 0.05) is 19.3 Å². The molecule has 0 saturated carbocycles. The summed E-state index contributed by atoms with van der Waals surface area (Å²) in [7, 11) is 0. The Bertz CT molecular complexity index is 1480. The molecule has 6 heteroatoms. The highest BCUT2D eigenvalue weighted by Gasteiger charge is 2.19. The smallest absolute Gasteiger partial charge is 0.306 e. The number of esters is 3. The minimum Gasteiger partial charge on any atom is -0.462 e. The predicted octanol–water partition coefficient (Wildman–Crippen LogP) is 23.1. The maximum absolute atomic E-state index is 12.9. The first-order valence-electron chi connectivity index (χ1n) is 33.6. The molecule has 0 aliphatic rings. The third-order valence-electron chi connectivity index (χ3n) is 14.6. The first-order chi connectivity index (χ1) is 38.5. The molecule has 0 rings (SSSR count). The second-order valence-electron chi connectivity index (χ2n) is 22.3. The summed E-state index contributed by atoms with van der Waals surface area (Å²) in [6.45, 7) is 6.54. The number of carbonyl (C=O) groups excluding carboxylic acids is 3. The molecule has 0 fully saturated rings. The highest BCUT2D eigenvalue weighted by atomic mass is 16.6. The maximum Gasteiger partial charge on any atom is 0.306 e. The molecule has 0 aliphatic carbocycles. The Morgan fingerprint density at radius 1 is 0.269 bits per heavy atom. The van der Waals surface area contributed by atoms with Crippen LogP contribution in [-0.2, 0) is 28.6 Å². The van der Waals surface area contributed by atoms with E-state index in [-0.39, 0.29) is 31.1 Å². The van der Waals surface area contributed by atoms with Crippen LogP contribution in [0.3, 0.4) is 0 Å². The monoisotopic (exact) mass is 1090 g/mol. The number of carbonyl (C=O) groups is 3. The van der Waals surface area contributed by atoms with E-state index in [0.29, 0.717) is 19.3 Å². The molecule has 0 amide bonds. The van der Waals surface area contributed by atoms with Crippen LogP contribution in [-0.4, -0.2) is 37.2 Å². The largest absolute Gasteiger partial charge is 0.462 e. The van der Waals surface area contributed by atoms with Gasteiger partial charge in [0.15, 0.2) is 6.10 Å². The highest BCUT2D eigenvalue weighted by Crippen LogP contribution is 2.17. The van der Waals surface area contributed by atoms with Crippen LogP contribution in [0.15, 0.2) is 85.1 Å². The molecule has 0 spiro atoms. The van der Waals surface area contributed by atoms with Gasteiger partial charge in [-0.2, -0.15) is 0 Å². The van der Waals surface area contributed by atoms with Crippen molar-refractivity contribution in [1.82, 2.24) is 0 Å². The molecular formula is C72H126O6. The molecule has 450 valence electrons. The summed E-state index contributed by atoms with van der Waals surface area (Å²) in [6.07, 6.45) is 87.3. The summed E-state index contributed by atoms with van der Waals surface area (Å²) in [5.74, 6) is -0.878. The van der Waals surface area contributed by atoms with E-state index >= 15 is 0 Å². The number of ether oxygens (including phenoxy) is 3. The fourth-order valence-corrected chi connectivity index (χ4v) is 9.58. The third kappa shape index (κ3) is 63.4. The molecule has 0 bridgehead atoms. The molecule has 78 heavy (non-hydrogen) atoms. The lowest BCUT2D eigenvalue weighted by Crippen LogP contribution is -2.30. The Hall–Kier alpha value is -3.41. The number of hydrogen-bond donors (Lipinski definition) is 0. The molecule has 0 N–H and O–H groups in total. The summed E-state index contributed by atoms with van der Waals surface area (Å²) < 4.78 is 17.0. The third-order valence-corrected chi connectivity index (χ3v) is 14.6. The topological polar surface area (TPSA) is 78.9 Å². The molecule has 0 aromatic heterocycles. The number of rotatable bonds is 61. The normalized spacial score (nSPS) is 12.6. The van der Waals surface area contributed by atoms with E-state index in [4.69, 9.17) is 14.2 Å². The number of unbranched alkanes of at least 4 members (excludes halogenated alkanes) is 36. The van der Waals surface area contributed by atoms with Gasteiger partial charge in [0.1, 0.15) is 13.2 Å². The molecule has 0 aromatic rings. The summed E-state index contributed by atoms with van der Waals surface area (Å²) in [4.78, 5) is 38.4. The first-order valence-corrected chi connectivity index (χ1v) is 33.6. The van der Waals surface area contributed by atoms with Crippen LogP contribution < -0.4 is 0 Å². The lowest BCUT2D eigenvalue weighted by Gasteiger charge is -2.18. The fourth-order valence-electron chi connectivity index (χ4n) is 9.58. The average molecular weight is 1090 g/mol. The van der Waals surface area contributed by atoms with Gasteiger partial charge in [-0.3, -0.25) is 14.4 Å². The van der Waals surface area contributed by atoms with E-state index in [1.807, 2.05) is 0 Å². The van der Waals surface area contributed by atoms with E-state index in [1.165, 1.54) is 199 Å². The minimum absolute atomic E-state index is 0.0803. The van der Waals surface area contributed by atoms with Crippen LogP contribution in [0, 0.1) is 0 Å². The summed E-state index contributed by atoms with van der Waals surface area (Å²) in [5.41, 5.74) is 0. The SMILES string of the molecule is CC/C=C\C/C=C\C/C=C\C/C=C\CCCCCCCCCCCCCCC(=O)OCC(COC(=O)CCCCCCCCC/C=C\CCCCCCCC)OC(=O)CCCCCCCCC/C=C\C/C=C\CCCCCC. The van der Waals surface area contributed by atoms with Crippen molar-refractivity contribution in [3.63, 3.8) is 0 Å². The molecule has 0 heterocycles. The van der Waals surface area contributed by atoms with E-state index in [1.54, 1.807) is 0 Å². The summed E-state index contributed by atoms with van der Waals surface area (Å²) >= 11 is 0. The Morgan fingerprint density at radius 3 is 0.808 bits per heavy atom. The van der Waals surface area contributed by atoms with Gasteiger partial charge in [-0.05, 0) is 116 Å². The van der Waals surface area contributed by atoms with E-state index in [9.17, 15) is 14.4 Å². The van der Waals surface area contributed by atoms with Gasteiger partial charge < -0.3 is 14.2 Å². The number of allylic oxidation sites excluding steroid dienone is 14. The Morgan fingerprint density at radius 2 is 0.500 bits per heavy atom. The first kappa shape index (κ1) is 74.6. The van der Waals surface area contributed by atoms with Gasteiger partial charge in [0.25, 0.3) is 0 Å². The van der Waals surface area contributed by atoms with Crippen molar-refractivity contribution in [2.45, 2.75) is 341 Å². The zero-order valence-corrected chi connectivity index (χ0v) is 51.7. The van der Waals surface area contributed by atoms with Crippen molar-refractivity contribution in [1.29, 1.82) is 0 Å². The van der Waals surface area contributed by atoms with Crippen molar-refractivity contribution < 1.29 is 28.6 Å². The molecule has 0 aromatic carbocycles. The molecule has 0 saturated heterocycles. The molecule has 0 radical (unpaired) electrons. The van der Waals surface area contributed by atoms with Gasteiger partial charge in [0.2, 0.25) is 0 Å². The maximum atomic E-state index is 12.9. The molecule has 6 nitrogen and oxygen atoms in total. The molecule has 1 atom stereocenters. The average Bonchev–Trinajstić information content (AvgIpc) is 3.44. The van der Waals surface area contributed by atoms with Crippen molar-refractivity contribution in [2.75, 3.05) is 13.2 Å². The van der Waals surface area contributed by atoms with Crippen LogP contribution in [0.2, 0.25) is 0 Å². The Balaban J connectivity index is 4.35. The van der Waals surface area contributed by atoms with Crippen LogP contribution in [0.25, 0.3) is 0 Å². The molecular weight excluding hydrogens is 961 g/mol. The number of hydrogen-bond acceptors (Lipinski definition) is 6. The predicted molar refractivity (Wildman–Crippen MR) is 339 cm³/mol. The minimum atomic E-state index is -0.785. The fraction of sp³-hybridized carbons (Fsp3) is 0.764. The van der Waals surface area contributed by atoms with Crippen molar-refractivity contribution >= 4 is 17.9 Å². The quantitative estimate of drug-likeness (QED) is 0.0261. The van der Waals surface area contributed by atoms with Crippen LogP contribution >= 0.6 is 0 Å². The summed E-state index contributed by atoms with van der Waals surface area (Å²) in [5, 5.41) is 0. The summed E-state index contributed by atoms with van der Waals surface area (Å²) in [6, 6.07) is 0. The van der Waals surface area contributed by atoms with Crippen LogP contribution in [0.4, 0.5) is 0 Å². The van der Waals surface area contributed by atoms with E-state index in [0.717, 1.165) is 96.3 Å². The van der Waals surface area contributed by atoms with Crippen molar-refractivity contribution in [3.8, 4) is 0 Å². The molecule has 1 unspecified atom stereocenters. The zero-order chi connectivity index (χ0) is 56.4. The Kier molecular flexibility index (Phi) is 63.2. The van der Waals surface area contributed by atoms with Gasteiger partial charge in [-0.1, -0.05) is 286 Å². The van der Waals surface area contributed by atoms with Gasteiger partial charge in [-0.15, -0.1) is 0 Å². The van der Waals surface area contributed by atoms with E-state index in [2.05, 4.69) is 106 Å². The van der Waals surface area contributed by atoms with Gasteiger partial charge in [-0.25, -0.2) is 0 Å². The Labute approximate surface area is 484 Å². The van der Waals surface area contributed by atoms with Crippen molar-refractivity contribution in [3.05, 3.63) is 85.1 Å². The second kappa shape index (κ2) is 66.1. The zero-order valence-electron chi connectivity index (χ0n) is 51.7.